The minimum absolute atomic E-state index is 0.422. The number of aromatic nitrogens is 1. The second-order valence-corrected chi connectivity index (χ2v) is 6.81. The topological polar surface area (TPSA) is 34.1 Å². The summed E-state index contributed by atoms with van der Waals surface area (Å²) in [4.78, 5) is 4.36. The fourth-order valence-electron chi connectivity index (χ4n) is 3.90. The van der Waals surface area contributed by atoms with Gasteiger partial charge in [0.1, 0.15) is 5.01 Å². The van der Waals surface area contributed by atoms with E-state index in [9.17, 15) is 0 Å². The van der Waals surface area contributed by atoms with E-state index in [1.807, 2.05) is 6.20 Å². The number of nitrogens with zero attached hydrogens (tertiary/aromatic N) is 1. The van der Waals surface area contributed by atoms with Crippen LogP contribution in [-0.2, 0) is 11.3 Å². The molecule has 2 fully saturated rings. The molecule has 1 N–H and O–H groups in total. The smallest absolute Gasteiger partial charge is 0.106 e. The molecule has 3 nitrogen and oxygen atoms in total. The molecule has 2 unspecified atom stereocenters. The Morgan fingerprint density at radius 3 is 2.95 bits per heavy atom. The lowest BCUT2D eigenvalue weighted by Crippen LogP contribution is -2.64. The molecule has 4 heteroatoms. The van der Waals surface area contributed by atoms with Crippen molar-refractivity contribution in [1.29, 1.82) is 0 Å². The Morgan fingerprint density at radius 1 is 1.42 bits per heavy atom. The van der Waals surface area contributed by atoms with Gasteiger partial charge in [-0.1, -0.05) is 19.3 Å². The minimum Gasteiger partial charge on any atom is -0.378 e. The Kier molecular flexibility index (Phi) is 4.20. The molecular formula is C15H24N2OS. The summed E-state index contributed by atoms with van der Waals surface area (Å²) in [5.41, 5.74) is 0.422. The maximum Gasteiger partial charge on any atom is 0.106 e. The van der Waals surface area contributed by atoms with Crippen LogP contribution < -0.4 is 5.32 Å². The van der Waals surface area contributed by atoms with Crippen molar-refractivity contribution in [3.8, 4) is 0 Å². The first-order valence-corrected chi connectivity index (χ1v) is 8.46. The van der Waals surface area contributed by atoms with Crippen LogP contribution >= 0.6 is 11.3 Å². The molecule has 2 saturated carbocycles. The van der Waals surface area contributed by atoms with E-state index < -0.39 is 0 Å². The first-order chi connectivity index (χ1) is 9.35. The Labute approximate surface area is 119 Å². The highest BCUT2D eigenvalue weighted by atomic mass is 32.1. The van der Waals surface area contributed by atoms with Gasteiger partial charge in [0, 0.05) is 36.2 Å². The first-order valence-electron chi connectivity index (χ1n) is 7.58. The molecule has 106 valence electrons. The lowest BCUT2D eigenvalue weighted by Gasteiger charge is -2.58. The van der Waals surface area contributed by atoms with Crippen LogP contribution in [0.25, 0.3) is 0 Å². The van der Waals surface area contributed by atoms with E-state index in [1.54, 1.807) is 11.3 Å². The Bertz CT molecular complexity index is 387. The SMILES string of the molecule is CCOC1CC(NCc2nccs2)C12CCCCC2. The zero-order chi connectivity index (χ0) is 13.1. The standard InChI is InChI=1S/C15H24N2OS/c1-2-18-13-10-12(15(13)6-4-3-5-7-15)17-11-14-16-8-9-19-14/h8-9,12-13,17H,2-7,10-11H2,1H3. The van der Waals surface area contributed by atoms with Crippen LogP contribution in [0.1, 0.15) is 50.5 Å². The van der Waals surface area contributed by atoms with Gasteiger partial charge in [-0.2, -0.15) is 0 Å². The lowest BCUT2D eigenvalue weighted by atomic mass is 9.55. The molecule has 1 heterocycles. The van der Waals surface area contributed by atoms with Gasteiger partial charge in [0.2, 0.25) is 0 Å². The van der Waals surface area contributed by atoms with Gasteiger partial charge >= 0.3 is 0 Å². The average molecular weight is 280 g/mol. The van der Waals surface area contributed by atoms with E-state index in [4.69, 9.17) is 4.74 Å². The van der Waals surface area contributed by atoms with Gasteiger partial charge in [-0.15, -0.1) is 11.3 Å². The highest BCUT2D eigenvalue weighted by molar-refractivity contribution is 7.09. The van der Waals surface area contributed by atoms with E-state index in [-0.39, 0.29) is 0 Å². The van der Waals surface area contributed by atoms with Crippen molar-refractivity contribution in [2.45, 2.75) is 64.1 Å². The van der Waals surface area contributed by atoms with Gasteiger partial charge < -0.3 is 10.1 Å². The van der Waals surface area contributed by atoms with Crippen LogP contribution in [0.4, 0.5) is 0 Å². The van der Waals surface area contributed by atoms with E-state index in [0.717, 1.165) is 13.2 Å². The normalized spacial score (nSPS) is 29.3. The van der Waals surface area contributed by atoms with E-state index in [1.165, 1.54) is 43.5 Å². The maximum atomic E-state index is 5.99. The Morgan fingerprint density at radius 2 is 2.26 bits per heavy atom. The van der Waals surface area contributed by atoms with Crippen molar-refractivity contribution in [1.82, 2.24) is 10.3 Å². The summed E-state index contributed by atoms with van der Waals surface area (Å²) < 4.78 is 5.99. The summed E-state index contributed by atoms with van der Waals surface area (Å²) in [6.45, 7) is 3.89. The van der Waals surface area contributed by atoms with Crippen molar-refractivity contribution in [2.75, 3.05) is 6.61 Å². The maximum absolute atomic E-state index is 5.99. The third kappa shape index (κ3) is 2.58. The molecule has 1 aromatic rings. The quantitative estimate of drug-likeness (QED) is 0.898. The van der Waals surface area contributed by atoms with Crippen LogP contribution in [-0.4, -0.2) is 23.7 Å². The van der Waals surface area contributed by atoms with Crippen LogP contribution in [0, 0.1) is 5.41 Å². The monoisotopic (exact) mass is 280 g/mol. The minimum atomic E-state index is 0.422. The average Bonchev–Trinajstić information content (AvgIpc) is 2.96. The molecular weight excluding hydrogens is 256 g/mol. The lowest BCUT2D eigenvalue weighted by molar-refractivity contribution is -0.150. The van der Waals surface area contributed by atoms with E-state index in [0.29, 0.717) is 17.6 Å². The van der Waals surface area contributed by atoms with Crippen LogP contribution in [0.2, 0.25) is 0 Å². The largest absolute Gasteiger partial charge is 0.378 e. The highest BCUT2D eigenvalue weighted by Crippen LogP contribution is 2.53. The molecule has 0 bridgehead atoms. The molecule has 0 amide bonds. The van der Waals surface area contributed by atoms with Gasteiger partial charge in [-0.3, -0.25) is 0 Å². The van der Waals surface area contributed by atoms with Gasteiger partial charge in [-0.25, -0.2) is 4.98 Å². The van der Waals surface area contributed by atoms with Crippen molar-refractivity contribution in [3.05, 3.63) is 16.6 Å². The number of hydrogen-bond acceptors (Lipinski definition) is 4. The predicted molar refractivity (Wildman–Crippen MR) is 78.3 cm³/mol. The third-order valence-electron chi connectivity index (χ3n) is 4.92. The van der Waals surface area contributed by atoms with Crippen LogP contribution in [0.15, 0.2) is 11.6 Å². The zero-order valence-corrected chi connectivity index (χ0v) is 12.5. The predicted octanol–water partition coefficient (Wildman–Crippen LogP) is 3.36. The molecule has 0 aromatic carbocycles. The van der Waals surface area contributed by atoms with Crippen molar-refractivity contribution >= 4 is 11.3 Å². The first kappa shape index (κ1) is 13.5. The van der Waals surface area contributed by atoms with Gasteiger partial charge in [0.25, 0.3) is 0 Å². The Hall–Kier alpha value is -0.450. The van der Waals surface area contributed by atoms with Gasteiger partial charge in [0.05, 0.1) is 6.10 Å². The second-order valence-electron chi connectivity index (χ2n) is 5.83. The molecule has 2 aliphatic rings. The number of thiazole rings is 1. The van der Waals surface area contributed by atoms with Crippen molar-refractivity contribution in [3.63, 3.8) is 0 Å². The van der Waals surface area contributed by atoms with E-state index >= 15 is 0 Å². The second kappa shape index (κ2) is 5.90. The fraction of sp³-hybridized carbons (Fsp3) is 0.800. The molecule has 1 spiro atoms. The van der Waals surface area contributed by atoms with Gasteiger partial charge in [0.15, 0.2) is 0 Å². The molecule has 0 saturated heterocycles. The summed E-state index contributed by atoms with van der Waals surface area (Å²) in [5.74, 6) is 0. The molecule has 3 rings (SSSR count). The summed E-state index contributed by atoms with van der Waals surface area (Å²) >= 11 is 1.74. The van der Waals surface area contributed by atoms with E-state index in [2.05, 4.69) is 22.6 Å². The third-order valence-corrected chi connectivity index (χ3v) is 5.70. The molecule has 19 heavy (non-hydrogen) atoms. The fourth-order valence-corrected chi connectivity index (χ4v) is 4.47. The summed E-state index contributed by atoms with van der Waals surface area (Å²) in [7, 11) is 0. The number of hydrogen-bond donors (Lipinski definition) is 1. The highest BCUT2D eigenvalue weighted by Gasteiger charge is 2.55. The number of nitrogens with one attached hydrogen (secondary N) is 1. The molecule has 2 atom stereocenters. The zero-order valence-electron chi connectivity index (χ0n) is 11.7. The van der Waals surface area contributed by atoms with Crippen molar-refractivity contribution in [2.24, 2.45) is 5.41 Å². The molecule has 0 aliphatic heterocycles. The number of ether oxygens (including phenoxy) is 1. The van der Waals surface area contributed by atoms with Crippen molar-refractivity contribution < 1.29 is 4.74 Å². The summed E-state index contributed by atoms with van der Waals surface area (Å²) in [6.07, 6.45) is 10.4. The Balaban J connectivity index is 1.61. The van der Waals surface area contributed by atoms with Crippen LogP contribution in [0.3, 0.4) is 0 Å². The van der Waals surface area contributed by atoms with Gasteiger partial charge in [-0.05, 0) is 26.2 Å². The molecule has 0 radical (unpaired) electrons. The molecule has 1 aromatic heterocycles. The van der Waals surface area contributed by atoms with Crippen LogP contribution in [0.5, 0.6) is 0 Å². The summed E-state index contributed by atoms with van der Waals surface area (Å²) in [6, 6.07) is 0.633. The molecule has 2 aliphatic carbocycles. The summed E-state index contributed by atoms with van der Waals surface area (Å²) in [5, 5.41) is 6.99. The number of rotatable bonds is 5.